The quantitative estimate of drug-likeness (QED) is 0.152. The van der Waals surface area contributed by atoms with Gasteiger partial charge in [-0.05, 0) is 68.9 Å². The van der Waals surface area contributed by atoms with E-state index in [2.05, 4.69) is 54.9 Å². The van der Waals surface area contributed by atoms with Crippen LogP contribution in [-0.4, -0.2) is 152 Å². The number of fused-ring (bicyclic) bond motifs is 6. The molecule has 1 aromatic carbocycles. The van der Waals surface area contributed by atoms with E-state index in [1.807, 2.05) is 32.2 Å². The molecule has 2 N–H and O–H groups in total. The molecule has 0 aliphatic carbocycles. The van der Waals surface area contributed by atoms with Crippen molar-refractivity contribution in [1.82, 2.24) is 44.0 Å². The lowest BCUT2D eigenvalue weighted by molar-refractivity contribution is -0.164. The summed E-state index contributed by atoms with van der Waals surface area (Å²) in [6.45, 7) is 13.3. The SMILES string of the molecule is CCn1c(-c2cccnc2[C@H](C)OC)c2c3cc(ccc31)-c1csc(n1)C[C@H](NC(=O)[C@H](C(C)C)N(C)C(=O)N1CCN(C(=O)CO)CC1)C(=O)N1CCC[C@@H](C(=O)OCC(C)(C)C2)N1S. The highest BCUT2D eigenvalue weighted by Crippen LogP contribution is 2.42. The molecule has 19 heteroatoms. The van der Waals surface area contributed by atoms with Crippen molar-refractivity contribution in [2.24, 2.45) is 11.3 Å². The van der Waals surface area contributed by atoms with Gasteiger partial charge in [0.25, 0.3) is 5.91 Å². The highest BCUT2D eigenvalue weighted by Gasteiger charge is 2.42. The lowest BCUT2D eigenvalue weighted by atomic mass is 9.84. The van der Waals surface area contributed by atoms with Crippen LogP contribution in [0, 0.1) is 11.3 Å². The van der Waals surface area contributed by atoms with Crippen molar-refractivity contribution < 1.29 is 38.6 Å². The van der Waals surface area contributed by atoms with E-state index in [0.717, 1.165) is 44.7 Å². The molecule has 66 heavy (non-hydrogen) atoms. The summed E-state index contributed by atoms with van der Waals surface area (Å²) in [5.74, 6) is -2.28. The minimum absolute atomic E-state index is 0.0330. The van der Waals surface area contributed by atoms with Crippen LogP contribution >= 0.6 is 24.2 Å². The molecule has 6 heterocycles. The van der Waals surface area contributed by atoms with Gasteiger partial charge < -0.3 is 39.2 Å². The van der Waals surface area contributed by atoms with Gasteiger partial charge in [-0.15, -0.1) is 11.3 Å². The van der Waals surface area contributed by atoms with E-state index in [1.54, 1.807) is 25.3 Å². The summed E-state index contributed by atoms with van der Waals surface area (Å²) in [6.07, 6.45) is 3.00. The number of hydrogen-bond acceptors (Lipinski definition) is 13. The van der Waals surface area contributed by atoms with Gasteiger partial charge in [0, 0.05) is 98.9 Å². The van der Waals surface area contributed by atoms with Gasteiger partial charge in [0.2, 0.25) is 11.8 Å². The number of carbonyl (C=O) groups excluding carboxylic acids is 5. The van der Waals surface area contributed by atoms with Crippen LogP contribution in [0.1, 0.15) is 76.8 Å². The first-order valence-corrected chi connectivity index (χ1v) is 24.0. The van der Waals surface area contributed by atoms with Crippen LogP contribution in [0.4, 0.5) is 4.79 Å². The van der Waals surface area contributed by atoms with E-state index in [1.165, 1.54) is 30.6 Å². The summed E-state index contributed by atoms with van der Waals surface area (Å²) >= 11 is 6.13. The van der Waals surface area contributed by atoms with Crippen molar-refractivity contribution in [3.63, 3.8) is 0 Å². The minimum Gasteiger partial charge on any atom is -0.464 e. The summed E-state index contributed by atoms with van der Waals surface area (Å²) in [4.78, 5) is 83.6. The molecular weight excluding hydrogens is 883 g/mol. The number of thiol groups is 1. The van der Waals surface area contributed by atoms with Gasteiger partial charge in [-0.25, -0.2) is 9.78 Å². The maximum atomic E-state index is 14.8. The number of hydrogen-bond donors (Lipinski definition) is 3. The normalized spacial score (nSPS) is 20.5. The largest absolute Gasteiger partial charge is 0.464 e. The fourth-order valence-electron chi connectivity index (χ4n) is 9.45. The summed E-state index contributed by atoms with van der Waals surface area (Å²) in [5, 5.41) is 17.3. The number of pyridine rings is 1. The topological polar surface area (TPSA) is 183 Å². The van der Waals surface area contributed by atoms with E-state index in [9.17, 15) is 29.1 Å². The van der Waals surface area contributed by atoms with E-state index < -0.39 is 59.9 Å². The number of aliphatic hydroxyl groups is 1. The molecule has 3 aromatic heterocycles. The first-order valence-electron chi connectivity index (χ1n) is 22.7. The van der Waals surface area contributed by atoms with Crippen LogP contribution in [0.15, 0.2) is 41.9 Å². The Labute approximate surface area is 395 Å². The zero-order valence-corrected chi connectivity index (χ0v) is 40.9. The fraction of sp³-hybridized carbons (Fsp3) is 0.553. The number of aromatic nitrogens is 3. The van der Waals surface area contributed by atoms with Crippen LogP contribution in [0.2, 0.25) is 0 Å². The second-order valence-electron chi connectivity index (χ2n) is 18.5. The van der Waals surface area contributed by atoms with Gasteiger partial charge in [0.05, 0.1) is 34.8 Å². The van der Waals surface area contributed by atoms with Crippen LogP contribution < -0.4 is 5.32 Å². The summed E-state index contributed by atoms with van der Waals surface area (Å²) in [6, 6.07) is 6.96. The fourth-order valence-corrected chi connectivity index (χ4v) is 10.7. The molecule has 0 saturated carbocycles. The van der Waals surface area contributed by atoms with Crippen molar-refractivity contribution in [3.05, 3.63) is 58.2 Å². The molecule has 4 aromatic rings. The Hall–Kier alpha value is -5.08. The Morgan fingerprint density at radius 1 is 1.09 bits per heavy atom. The number of nitrogens with zero attached hydrogens (tertiary/aromatic N) is 8. The minimum atomic E-state index is -1.14. The number of esters is 1. The number of methoxy groups -OCH3 is 1. The number of carbonyl (C=O) groups is 5. The Bertz CT molecular complexity index is 2450. The predicted molar refractivity (Wildman–Crippen MR) is 254 cm³/mol. The number of benzene rings is 1. The molecule has 2 saturated heterocycles. The van der Waals surface area contributed by atoms with Gasteiger partial charge in [-0.1, -0.05) is 46.6 Å². The van der Waals surface area contributed by atoms with Gasteiger partial charge in [0.1, 0.15) is 24.7 Å². The van der Waals surface area contributed by atoms with E-state index in [0.29, 0.717) is 30.8 Å². The van der Waals surface area contributed by atoms with Crippen LogP contribution in [0.3, 0.4) is 0 Å². The third-order valence-corrected chi connectivity index (χ3v) is 14.3. The van der Waals surface area contributed by atoms with Crippen molar-refractivity contribution in [2.75, 3.05) is 60.1 Å². The number of urea groups is 1. The third-order valence-electron chi connectivity index (χ3n) is 13.0. The smallest absolute Gasteiger partial charge is 0.326 e. The second-order valence-corrected chi connectivity index (χ2v) is 19.9. The Morgan fingerprint density at radius 2 is 1.82 bits per heavy atom. The average molecular weight is 946 g/mol. The lowest BCUT2D eigenvalue weighted by Gasteiger charge is -2.41. The molecule has 7 rings (SSSR count). The Kier molecular flexibility index (Phi) is 15.1. The molecule has 0 spiro atoms. The number of cyclic esters (lactones) is 1. The maximum absolute atomic E-state index is 14.8. The summed E-state index contributed by atoms with van der Waals surface area (Å²) in [5.41, 5.74) is 5.97. The third kappa shape index (κ3) is 9.95. The lowest BCUT2D eigenvalue weighted by Crippen LogP contribution is -2.62. The average Bonchev–Trinajstić information content (AvgIpc) is 3.90. The number of piperazine rings is 1. The number of nitrogens with one attached hydrogen (secondary N) is 1. The summed E-state index contributed by atoms with van der Waals surface area (Å²) in [7, 11) is 3.24. The number of rotatable bonds is 9. The van der Waals surface area contributed by atoms with Crippen molar-refractivity contribution in [1.29, 1.82) is 0 Å². The molecule has 356 valence electrons. The second kappa shape index (κ2) is 20.4. The van der Waals surface area contributed by atoms with Gasteiger partial charge in [-0.3, -0.25) is 29.2 Å². The van der Waals surface area contributed by atoms with Crippen LogP contribution in [0.25, 0.3) is 33.4 Å². The zero-order valence-electron chi connectivity index (χ0n) is 39.2. The Morgan fingerprint density at radius 3 is 2.50 bits per heavy atom. The van der Waals surface area contributed by atoms with E-state index in [-0.39, 0.29) is 57.8 Å². The molecule has 0 radical (unpaired) electrons. The standard InChI is InChI=1S/C47H63N9O8S2/c1-9-54-36-15-14-30-22-32(36)33(42(54)31-12-10-16-48-40(31)29(4)63-8)24-47(5,6)27-64-45(61)37-13-11-17-55(56(37)65)44(60)34(23-38-49-35(30)26-66-38)50-43(59)41(28(2)3)51(7)46(62)53-20-18-52(19-21-53)39(58)25-57/h10,12,14-16,22,26,28-29,34,37,41,57,65H,9,11,13,17-21,23-25,27H2,1-8H3,(H,50,59)/t29-,34-,37-,41-/m0/s1. The predicted octanol–water partition coefficient (Wildman–Crippen LogP) is 4.97. The summed E-state index contributed by atoms with van der Waals surface area (Å²) < 4.78 is 15.6. The molecule has 5 amide bonds. The molecule has 2 fully saturated rings. The van der Waals surface area contributed by atoms with Crippen molar-refractivity contribution in [2.45, 2.75) is 98.0 Å². The molecule has 6 bridgehead atoms. The Balaban J connectivity index is 1.27. The van der Waals surface area contributed by atoms with Crippen LogP contribution in [0.5, 0.6) is 0 Å². The molecular formula is C47H63N9O8S2. The zero-order chi connectivity index (χ0) is 47.6. The number of aliphatic hydroxyl groups excluding tert-OH is 1. The van der Waals surface area contributed by atoms with Crippen molar-refractivity contribution in [3.8, 4) is 22.5 Å². The number of hydrazine groups is 1. The molecule has 17 nitrogen and oxygen atoms in total. The van der Waals surface area contributed by atoms with Gasteiger partial charge >= 0.3 is 12.0 Å². The van der Waals surface area contributed by atoms with Crippen LogP contribution in [-0.2, 0) is 48.0 Å². The van der Waals surface area contributed by atoms with Gasteiger partial charge in [-0.2, -0.15) is 4.41 Å². The van der Waals surface area contributed by atoms with Crippen molar-refractivity contribution >= 4 is 64.8 Å². The number of aryl methyl sites for hydroxylation is 1. The first kappa shape index (κ1) is 48.8. The number of thiazole rings is 1. The highest BCUT2D eigenvalue weighted by atomic mass is 32.1. The highest BCUT2D eigenvalue weighted by molar-refractivity contribution is 7.77. The number of ether oxygens (including phenoxy) is 2. The first-order chi connectivity index (χ1) is 31.5. The van der Waals surface area contributed by atoms with E-state index >= 15 is 0 Å². The number of amides is 5. The maximum Gasteiger partial charge on any atom is 0.326 e. The monoisotopic (exact) mass is 945 g/mol. The molecule has 3 aliphatic rings. The molecule has 3 aliphatic heterocycles. The van der Waals surface area contributed by atoms with E-state index in [4.69, 9.17) is 32.3 Å². The molecule has 0 unspecified atom stereocenters. The molecule has 4 atom stereocenters. The van der Waals surface area contributed by atoms with Gasteiger partial charge in [0.15, 0.2) is 0 Å². The number of likely N-dealkylation sites (N-methyl/N-ethyl adjacent to an activating group) is 1.